The molecule has 0 aliphatic heterocycles. The first-order chi connectivity index (χ1) is 20.1. The van der Waals surface area contributed by atoms with Crippen molar-refractivity contribution in [3.8, 4) is 0 Å². The number of carbonyl (C=O) groups is 1. The van der Waals surface area contributed by atoms with Crippen LogP contribution in [0.5, 0.6) is 0 Å². The van der Waals surface area contributed by atoms with Crippen molar-refractivity contribution < 1.29 is 4.79 Å². The number of rotatable bonds is 13. The van der Waals surface area contributed by atoms with Gasteiger partial charge in [0, 0.05) is 47.7 Å². The lowest BCUT2D eigenvalue weighted by Crippen LogP contribution is -2.38. The van der Waals surface area contributed by atoms with Crippen LogP contribution in [0.1, 0.15) is 62.2 Å². The largest absolute Gasteiger partial charge is 0.331 e. The van der Waals surface area contributed by atoms with E-state index in [1.54, 1.807) is 11.3 Å². The molecule has 2 N–H and O–H groups in total. The molecule has 1 aromatic carbocycles. The topological polar surface area (TPSA) is 72.9 Å². The molecule has 2 aromatic rings. The molecule has 226 valence electrons. The number of benzene rings is 1. The molecule has 1 atom stereocenters. The van der Waals surface area contributed by atoms with Crippen molar-refractivity contribution in [3.05, 3.63) is 94.8 Å². The molecule has 7 nitrogen and oxygen atoms in total. The minimum atomic E-state index is -0.119. The Hall–Kier alpha value is -3.59. The fourth-order valence-corrected chi connectivity index (χ4v) is 5.06. The number of hydrogen-bond acceptors (Lipinski definition) is 7. The van der Waals surface area contributed by atoms with Crippen molar-refractivity contribution >= 4 is 40.4 Å². The number of amides is 1. The molecule has 1 amide bonds. The molecule has 0 bridgehead atoms. The number of nitrogens with one attached hydrogen (secondary N) is 2. The van der Waals surface area contributed by atoms with Gasteiger partial charge < -0.3 is 15.5 Å². The Labute approximate surface area is 257 Å². The average molecular weight is 589 g/mol. The van der Waals surface area contributed by atoms with Gasteiger partial charge in [0.05, 0.1) is 5.69 Å². The molecule has 0 spiro atoms. The van der Waals surface area contributed by atoms with Crippen molar-refractivity contribution in [1.82, 2.24) is 20.1 Å². The molecule has 0 saturated carbocycles. The minimum Gasteiger partial charge on any atom is -0.331 e. The zero-order chi connectivity index (χ0) is 31.1. The van der Waals surface area contributed by atoms with Crippen LogP contribution in [0.2, 0.25) is 0 Å². The molecule has 0 radical (unpaired) electrons. The number of aromatic nitrogens is 1. The maximum atomic E-state index is 13.1. The molecule has 1 unspecified atom stereocenters. The highest BCUT2D eigenvalue weighted by atomic mass is 32.1. The monoisotopic (exact) mass is 588 g/mol. The van der Waals surface area contributed by atoms with Crippen molar-refractivity contribution in [2.75, 3.05) is 39.0 Å². The molecule has 0 fully saturated rings. The van der Waals surface area contributed by atoms with Crippen molar-refractivity contribution in [2.24, 2.45) is 4.99 Å². The molecule has 1 heterocycles. The quantitative estimate of drug-likeness (QED) is 0.236. The second-order valence-corrected chi connectivity index (χ2v) is 11.3. The van der Waals surface area contributed by atoms with Gasteiger partial charge in [-0.1, -0.05) is 49.4 Å². The van der Waals surface area contributed by atoms with Gasteiger partial charge in [-0.05, 0) is 97.2 Å². The van der Waals surface area contributed by atoms with Gasteiger partial charge in [-0.15, -0.1) is 11.3 Å². The lowest BCUT2D eigenvalue weighted by atomic mass is 10.0. The summed E-state index contributed by atoms with van der Waals surface area (Å²) in [6, 6.07) is 6.19. The predicted octanol–water partition coefficient (Wildman–Crippen LogP) is 7.61. The molecule has 0 saturated heterocycles. The van der Waals surface area contributed by atoms with E-state index in [2.05, 4.69) is 103 Å². The molecule has 3 rings (SSSR count). The van der Waals surface area contributed by atoms with Crippen LogP contribution < -0.4 is 10.6 Å². The average Bonchev–Trinajstić information content (AvgIpc) is 3.34. The molecular formula is C34H48N6OS. The Morgan fingerprint density at radius 3 is 2.62 bits per heavy atom. The van der Waals surface area contributed by atoms with E-state index in [9.17, 15) is 4.79 Å². The third-order valence-electron chi connectivity index (χ3n) is 7.06. The van der Waals surface area contributed by atoms with E-state index < -0.39 is 0 Å². The fraction of sp³-hybridized carbons (Fsp3) is 0.382. The summed E-state index contributed by atoms with van der Waals surface area (Å²) < 4.78 is 0. The number of likely N-dealkylation sites (N-methyl/N-ethyl adjacent to an activating group) is 2. The number of hydrogen-bond donors (Lipinski definition) is 2. The summed E-state index contributed by atoms with van der Waals surface area (Å²) in [5.74, 6) is -0.119. The Bertz CT molecular complexity index is 1310. The third-order valence-corrected chi connectivity index (χ3v) is 7.82. The highest BCUT2D eigenvalue weighted by molar-refractivity contribution is 7.13. The zero-order valence-corrected chi connectivity index (χ0v) is 27.2. The molecule has 1 aliphatic carbocycles. The second-order valence-electron chi connectivity index (χ2n) is 10.5. The summed E-state index contributed by atoms with van der Waals surface area (Å²) >= 11 is 1.56. The first-order valence-electron chi connectivity index (χ1n) is 14.4. The van der Waals surface area contributed by atoms with E-state index in [1.165, 1.54) is 11.8 Å². The van der Waals surface area contributed by atoms with Crippen LogP contribution in [0.4, 0.5) is 10.8 Å². The van der Waals surface area contributed by atoms with Gasteiger partial charge in [0.25, 0.3) is 5.91 Å². The van der Waals surface area contributed by atoms with Gasteiger partial charge in [-0.2, -0.15) is 0 Å². The lowest BCUT2D eigenvalue weighted by Gasteiger charge is -2.29. The minimum absolute atomic E-state index is 0.119. The van der Waals surface area contributed by atoms with Crippen LogP contribution in [0.25, 0.3) is 5.57 Å². The van der Waals surface area contributed by atoms with E-state index in [4.69, 9.17) is 0 Å². The van der Waals surface area contributed by atoms with Crippen molar-refractivity contribution in [2.45, 2.75) is 53.5 Å². The van der Waals surface area contributed by atoms with Crippen LogP contribution in [0.15, 0.2) is 83.0 Å². The standard InChI is InChI=1S/C31H43N5OS.C3H5N/c1-8-22(3)29-21-38-31(34-29)33-28-20-26(15-13-23(28)4)30(37)32-27-12-10-11-25(14-16-27)19-24(5)36(9-2)18-17-35(6)7;1-3-4-2/h8,11-16,20-21,24H,9-10,17-19H2,1-7H3,(H,32,37)(H,33,34);3H,1-2H2/b22-8+;. The lowest BCUT2D eigenvalue weighted by molar-refractivity contribution is 0.0967. The molecular weight excluding hydrogens is 540 g/mol. The van der Waals surface area contributed by atoms with Gasteiger partial charge in [0.1, 0.15) is 0 Å². The van der Waals surface area contributed by atoms with E-state index in [-0.39, 0.29) is 5.91 Å². The smallest absolute Gasteiger partial charge is 0.255 e. The van der Waals surface area contributed by atoms with Gasteiger partial charge >= 0.3 is 0 Å². The number of nitrogens with zero attached hydrogens (tertiary/aromatic N) is 4. The maximum absolute atomic E-state index is 13.1. The summed E-state index contributed by atoms with van der Waals surface area (Å²) in [4.78, 5) is 25.8. The number of carbonyl (C=O) groups excluding carboxylic acids is 1. The Kier molecular flexibility index (Phi) is 14.9. The molecule has 1 aliphatic rings. The van der Waals surface area contributed by atoms with Crippen LogP contribution in [0, 0.1) is 6.92 Å². The van der Waals surface area contributed by atoms with Crippen LogP contribution in [-0.4, -0.2) is 67.2 Å². The van der Waals surface area contributed by atoms with E-state index >= 15 is 0 Å². The van der Waals surface area contributed by atoms with E-state index in [0.29, 0.717) is 11.6 Å². The highest BCUT2D eigenvalue weighted by Gasteiger charge is 2.15. The van der Waals surface area contributed by atoms with E-state index in [1.807, 2.05) is 43.5 Å². The SMILES string of the molecule is C/C=C(\C)c1csc(Nc2cc(C(=O)NC3=CCC=C(CC(C)N(CC)CCN(C)C)C=C3)ccc2C)n1.C=CN=C. The summed E-state index contributed by atoms with van der Waals surface area (Å²) in [6.07, 6.45) is 13.7. The second kappa shape index (κ2) is 18.1. The summed E-state index contributed by atoms with van der Waals surface area (Å²) in [7, 11) is 4.24. The van der Waals surface area contributed by atoms with Gasteiger partial charge in [0.2, 0.25) is 0 Å². The summed E-state index contributed by atoms with van der Waals surface area (Å²) in [5.41, 5.74) is 6.80. The Morgan fingerprint density at radius 2 is 1.98 bits per heavy atom. The number of allylic oxidation sites excluding steroid dienone is 6. The summed E-state index contributed by atoms with van der Waals surface area (Å²) in [6.45, 7) is 20.1. The van der Waals surface area contributed by atoms with Crippen molar-refractivity contribution in [3.63, 3.8) is 0 Å². The molecule has 8 heteroatoms. The predicted molar refractivity (Wildman–Crippen MR) is 183 cm³/mol. The number of aliphatic imine (C=N–C) groups is 1. The van der Waals surface area contributed by atoms with E-state index in [0.717, 1.165) is 65.8 Å². The number of thiazole rings is 1. The first-order valence-corrected chi connectivity index (χ1v) is 15.3. The highest BCUT2D eigenvalue weighted by Crippen LogP contribution is 2.27. The van der Waals surface area contributed by atoms with Crippen LogP contribution in [-0.2, 0) is 0 Å². The molecule has 42 heavy (non-hydrogen) atoms. The normalized spacial score (nSPS) is 13.9. The van der Waals surface area contributed by atoms with Crippen LogP contribution >= 0.6 is 11.3 Å². The third kappa shape index (κ3) is 11.4. The number of anilines is 2. The van der Waals surface area contributed by atoms with Gasteiger partial charge in [0.15, 0.2) is 5.13 Å². The van der Waals surface area contributed by atoms with Crippen molar-refractivity contribution in [1.29, 1.82) is 0 Å². The van der Waals surface area contributed by atoms with Crippen LogP contribution in [0.3, 0.4) is 0 Å². The Balaban J connectivity index is 0.00000144. The van der Waals surface area contributed by atoms with Gasteiger partial charge in [-0.3, -0.25) is 14.7 Å². The Morgan fingerprint density at radius 1 is 1.24 bits per heavy atom. The maximum Gasteiger partial charge on any atom is 0.255 e. The summed E-state index contributed by atoms with van der Waals surface area (Å²) in [5, 5.41) is 9.34. The fourth-order valence-electron chi connectivity index (χ4n) is 4.28. The molecule has 1 aromatic heterocycles. The number of aryl methyl sites for hydroxylation is 1. The first kappa shape index (κ1) is 34.6. The van der Waals surface area contributed by atoms with Gasteiger partial charge in [-0.25, -0.2) is 4.98 Å². The zero-order valence-electron chi connectivity index (χ0n) is 26.4.